The maximum atomic E-state index is 13.8. The smallest absolute Gasteiger partial charge is 0.338 e. The summed E-state index contributed by atoms with van der Waals surface area (Å²) in [6.45, 7) is 1.94. The van der Waals surface area contributed by atoms with E-state index in [1.807, 2.05) is 29.6 Å². The van der Waals surface area contributed by atoms with Crippen molar-refractivity contribution in [2.75, 3.05) is 14.2 Å². The molecular formula is C29H22BrN3O5S2. The molecule has 202 valence electrons. The van der Waals surface area contributed by atoms with E-state index < -0.39 is 12.0 Å². The van der Waals surface area contributed by atoms with Gasteiger partial charge in [-0.2, -0.15) is 5.26 Å². The first kappa shape index (κ1) is 27.6. The van der Waals surface area contributed by atoms with E-state index in [2.05, 4.69) is 27.0 Å². The monoisotopic (exact) mass is 635 g/mol. The molecule has 0 spiro atoms. The van der Waals surface area contributed by atoms with Crippen LogP contribution in [0.2, 0.25) is 0 Å². The number of ether oxygens (including phenoxy) is 3. The largest absolute Gasteiger partial charge is 0.493 e. The van der Waals surface area contributed by atoms with E-state index in [1.165, 1.54) is 36.9 Å². The van der Waals surface area contributed by atoms with Crippen molar-refractivity contribution in [3.8, 4) is 17.6 Å². The van der Waals surface area contributed by atoms with Crippen LogP contribution >= 0.6 is 38.6 Å². The van der Waals surface area contributed by atoms with Gasteiger partial charge in [-0.05, 0) is 48.2 Å². The van der Waals surface area contributed by atoms with E-state index >= 15 is 0 Å². The maximum absolute atomic E-state index is 13.8. The first-order valence-electron chi connectivity index (χ1n) is 12.0. The third-order valence-electron chi connectivity index (χ3n) is 6.33. The summed E-state index contributed by atoms with van der Waals surface area (Å²) in [6, 6.07) is 16.1. The minimum atomic E-state index is -0.629. The molecule has 1 aliphatic rings. The lowest BCUT2D eigenvalue weighted by atomic mass is 10.0. The quantitative estimate of drug-likeness (QED) is 0.273. The van der Waals surface area contributed by atoms with E-state index in [-0.39, 0.29) is 12.2 Å². The average molecular weight is 637 g/mol. The molecule has 1 unspecified atom stereocenters. The number of nitrogens with zero attached hydrogens (tertiary/aromatic N) is 3. The molecule has 0 amide bonds. The zero-order valence-corrected chi connectivity index (χ0v) is 24.9. The van der Waals surface area contributed by atoms with E-state index in [1.54, 1.807) is 41.8 Å². The molecule has 0 radical (unpaired) electrons. The molecule has 11 heteroatoms. The predicted octanol–water partition coefficient (Wildman–Crippen LogP) is 4.69. The Morgan fingerprint density at radius 3 is 2.70 bits per heavy atom. The molecule has 3 heterocycles. The summed E-state index contributed by atoms with van der Waals surface area (Å²) >= 11 is 6.30. The number of methoxy groups -OCH3 is 2. The number of esters is 1. The van der Waals surface area contributed by atoms with Crippen molar-refractivity contribution in [2.45, 2.75) is 19.6 Å². The highest BCUT2D eigenvalue weighted by molar-refractivity contribution is 9.10. The highest BCUT2D eigenvalue weighted by Crippen LogP contribution is 2.35. The molecule has 2 aromatic heterocycles. The molecule has 8 nitrogen and oxygen atoms in total. The third kappa shape index (κ3) is 5.13. The number of rotatable bonds is 7. The summed E-state index contributed by atoms with van der Waals surface area (Å²) in [6.07, 6.45) is 1.76. The normalized spacial score (nSPS) is 14.8. The van der Waals surface area contributed by atoms with Crippen LogP contribution in [0.3, 0.4) is 0 Å². The Hall–Kier alpha value is -3.98. The summed E-state index contributed by atoms with van der Waals surface area (Å²) in [4.78, 5) is 32.4. The van der Waals surface area contributed by atoms with Crippen LogP contribution in [-0.2, 0) is 16.1 Å². The molecule has 0 N–H and O–H groups in total. The van der Waals surface area contributed by atoms with Crippen LogP contribution in [0.4, 0.5) is 0 Å². The van der Waals surface area contributed by atoms with Gasteiger partial charge in [0.2, 0.25) is 0 Å². The molecule has 1 aliphatic heterocycles. The van der Waals surface area contributed by atoms with Gasteiger partial charge in [0.25, 0.3) is 5.56 Å². The van der Waals surface area contributed by atoms with Crippen LogP contribution in [0.15, 0.2) is 79.4 Å². The second kappa shape index (κ2) is 11.6. The molecule has 2 aromatic carbocycles. The lowest BCUT2D eigenvalue weighted by Gasteiger charge is -2.22. The Morgan fingerprint density at radius 2 is 2.00 bits per heavy atom. The van der Waals surface area contributed by atoms with Crippen LogP contribution in [0, 0.1) is 11.3 Å². The van der Waals surface area contributed by atoms with Crippen LogP contribution in [-0.4, -0.2) is 24.8 Å². The number of benzene rings is 2. The lowest BCUT2D eigenvalue weighted by Crippen LogP contribution is -2.39. The molecule has 0 bridgehead atoms. The summed E-state index contributed by atoms with van der Waals surface area (Å²) < 4.78 is 19.3. The van der Waals surface area contributed by atoms with E-state index in [9.17, 15) is 14.9 Å². The SMILES string of the molecule is COC(=O)C1=C(C)N=c2sc(=Cc3cc(OC)c(OCc4ccccc4C#N)cc3Br)c(=O)n2C1c1cccs1. The van der Waals surface area contributed by atoms with Crippen molar-refractivity contribution in [1.29, 1.82) is 5.26 Å². The van der Waals surface area contributed by atoms with Gasteiger partial charge in [-0.25, -0.2) is 9.79 Å². The zero-order chi connectivity index (χ0) is 28.4. The number of carbonyl (C=O) groups is 1. The Balaban J connectivity index is 1.56. The highest BCUT2D eigenvalue weighted by Gasteiger charge is 2.33. The fourth-order valence-electron chi connectivity index (χ4n) is 4.39. The Bertz CT molecular complexity index is 1870. The second-order valence-corrected chi connectivity index (χ2v) is 11.5. The molecule has 1 atom stereocenters. The fourth-order valence-corrected chi connectivity index (χ4v) is 6.69. The number of aromatic nitrogens is 1. The van der Waals surface area contributed by atoms with Gasteiger partial charge < -0.3 is 14.2 Å². The topological polar surface area (TPSA) is 103 Å². The van der Waals surface area contributed by atoms with Crippen LogP contribution in [0.1, 0.15) is 34.5 Å². The van der Waals surface area contributed by atoms with Crippen molar-refractivity contribution < 1.29 is 19.0 Å². The van der Waals surface area contributed by atoms with Crippen LogP contribution in [0.5, 0.6) is 11.5 Å². The maximum Gasteiger partial charge on any atom is 0.338 e. The van der Waals surface area contributed by atoms with Gasteiger partial charge in [0.15, 0.2) is 16.3 Å². The lowest BCUT2D eigenvalue weighted by molar-refractivity contribution is -0.136. The number of halogens is 1. The van der Waals surface area contributed by atoms with Crippen molar-refractivity contribution in [3.63, 3.8) is 0 Å². The highest BCUT2D eigenvalue weighted by atomic mass is 79.9. The van der Waals surface area contributed by atoms with Gasteiger partial charge >= 0.3 is 5.97 Å². The molecule has 0 aliphatic carbocycles. The van der Waals surface area contributed by atoms with Crippen molar-refractivity contribution in [1.82, 2.24) is 4.57 Å². The number of allylic oxidation sites excluding steroid dienone is 1. The molecule has 5 rings (SSSR count). The molecule has 40 heavy (non-hydrogen) atoms. The third-order valence-corrected chi connectivity index (χ3v) is 8.92. The van der Waals surface area contributed by atoms with Gasteiger partial charge in [-0.15, -0.1) is 11.3 Å². The van der Waals surface area contributed by atoms with Crippen LogP contribution in [0.25, 0.3) is 6.08 Å². The van der Waals surface area contributed by atoms with Crippen molar-refractivity contribution in [2.24, 2.45) is 4.99 Å². The zero-order valence-electron chi connectivity index (χ0n) is 21.6. The molecule has 0 fully saturated rings. The molecule has 0 saturated heterocycles. The number of nitriles is 1. The summed E-state index contributed by atoms with van der Waals surface area (Å²) in [5.41, 5.74) is 2.58. The first-order valence-corrected chi connectivity index (χ1v) is 14.5. The predicted molar refractivity (Wildman–Crippen MR) is 156 cm³/mol. The Labute approximate surface area is 245 Å². The summed E-state index contributed by atoms with van der Waals surface area (Å²) in [5.74, 6) is 0.433. The first-order chi connectivity index (χ1) is 19.4. The standard InChI is InChI=1S/C29H22BrN3O5S2/c1-16-25(28(35)37-3)26(23-9-6-10-39-23)33-27(34)24(40-29(33)32-16)12-19-11-21(36-2)22(13-20(19)30)38-15-18-8-5-4-7-17(18)14-31/h4-13,26H,15H2,1-3H3. The van der Waals surface area contributed by atoms with Gasteiger partial charge in [0, 0.05) is 14.9 Å². The average Bonchev–Trinajstić information content (AvgIpc) is 3.60. The summed E-state index contributed by atoms with van der Waals surface area (Å²) in [5, 5.41) is 11.3. The van der Waals surface area contributed by atoms with Gasteiger partial charge in [-0.1, -0.05) is 51.5 Å². The van der Waals surface area contributed by atoms with E-state index in [0.29, 0.717) is 47.7 Å². The minimum Gasteiger partial charge on any atom is -0.493 e. The van der Waals surface area contributed by atoms with E-state index in [0.717, 1.165) is 10.4 Å². The number of thiazole rings is 1. The second-order valence-electron chi connectivity index (χ2n) is 8.67. The fraction of sp³-hybridized carbons (Fsp3) is 0.172. The molecule has 4 aromatic rings. The minimum absolute atomic E-state index is 0.190. The van der Waals surface area contributed by atoms with Crippen molar-refractivity contribution in [3.05, 3.63) is 111 Å². The van der Waals surface area contributed by atoms with Gasteiger partial charge in [0.1, 0.15) is 12.6 Å². The number of fused-ring (bicyclic) bond motifs is 1. The Morgan fingerprint density at radius 1 is 1.20 bits per heavy atom. The molecular weight excluding hydrogens is 614 g/mol. The van der Waals surface area contributed by atoms with Crippen LogP contribution < -0.4 is 24.4 Å². The molecule has 0 saturated carbocycles. The number of hydrogen-bond acceptors (Lipinski definition) is 9. The number of carbonyl (C=O) groups excluding carboxylic acids is 1. The number of hydrogen-bond donors (Lipinski definition) is 0. The Kier molecular flexibility index (Phi) is 8.02. The van der Waals surface area contributed by atoms with Gasteiger partial charge in [0.05, 0.1) is 41.7 Å². The van der Waals surface area contributed by atoms with E-state index in [4.69, 9.17) is 14.2 Å². The van der Waals surface area contributed by atoms with Gasteiger partial charge in [-0.3, -0.25) is 9.36 Å². The van der Waals surface area contributed by atoms with Crippen molar-refractivity contribution >= 4 is 50.6 Å². The number of thiophene rings is 1. The summed E-state index contributed by atoms with van der Waals surface area (Å²) in [7, 11) is 2.86.